The number of para-hydroxylation sites is 1. The van der Waals surface area contributed by atoms with Gasteiger partial charge in [-0.25, -0.2) is 0 Å². The van der Waals surface area contributed by atoms with Gasteiger partial charge in [0, 0.05) is 32.7 Å². The molecule has 2 aliphatic heterocycles. The molecule has 1 saturated heterocycles. The number of hydrogen-bond acceptors (Lipinski definition) is 4. The molecule has 1 unspecified atom stereocenters. The number of piperazine rings is 1. The van der Waals surface area contributed by atoms with Gasteiger partial charge in [0.25, 0.3) is 0 Å². The van der Waals surface area contributed by atoms with Crippen molar-refractivity contribution in [1.29, 1.82) is 0 Å². The van der Waals surface area contributed by atoms with Crippen LogP contribution in [-0.2, 0) is 0 Å². The predicted octanol–water partition coefficient (Wildman–Crippen LogP) is 3.06. The minimum Gasteiger partial charge on any atom is -0.480 e. The van der Waals surface area contributed by atoms with Crippen molar-refractivity contribution in [2.75, 3.05) is 49.1 Å². The minimum absolute atomic E-state index is 0.0858. The number of rotatable bonds is 3. The third-order valence-electron chi connectivity index (χ3n) is 4.97. The summed E-state index contributed by atoms with van der Waals surface area (Å²) in [6.07, 6.45) is 0.0858. The maximum atomic E-state index is 6.53. The van der Waals surface area contributed by atoms with Crippen molar-refractivity contribution in [2.45, 2.75) is 13.0 Å². The molecule has 2 aromatic rings. The first kappa shape index (κ1) is 15.3. The molecule has 0 spiro atoms. The molecule has 1 atom stereocenters. The van der Waals surface area contributed by atoms with Crippen LogP contribution in [-0.4, -0.2) is 39.3 Å². The summed E-state index contributed by atoms with van der Waals surface area (Å²) in [5.74, 6) is 1.04. The summed E-state index contributed by atoms with van der Waals surface area (Å²) in [4.78, 5) is 4.87. The minimum atomic E-state index is 0.0858. The Kier molecular flexibility index (Phi) is 4.30. The Morgan fingerprint density at radius 1 is 1.00 bits per heavy atom. The lowest BCUT2D eigenvalue weighted by Gasteiger charge is -2.39. The summed E-state index contributed by atoms with van der Waals surface area (Å²) in [5.41, 5.74) is 3.70. The first-order valence-electron chi connectivity index (χ1n) is 8.92. The molecule has 0 aromatic heterocycles. The highest BCUT2D eigenvalue weighted by molar-refractivity contribution is 5.74. The van der Waals surface area contributed by atoms with E-state index >= 15 is 0 Å². The van der Waals surface area contributed by atoms with Crippen LogP contribution < -0.4 is 19.9 Å². The van der Waals surface area contributed by atoms with Crippen molar-refractivity contribution < 1.29 is 4.74 Å². The number of ether oxygens (including phenoxy) is 1. The van der Waals surface area contributed by atoms with Gasteiger partial charge in [0.15, 0.2) is 5.75 Å². The Bertz CT molecular complexity index is 683. The maximum Gasteiger partial charge on any atom is 0.166 e. The molecule has 1 N–H and O–H groups in total. The van der Waals surface area contributed by atoms with Crippen molar-refractivity contribution in [3.05, 3.63) is 54.1 Å². The molecule has 4 nitrogen and oxygen atoms in total. The molecule has 0 bridgehead atoms. The van der Waals surface area contributed by atoms with Gasteiger partial charge in [-0.1, -0.05) is 36.4 Å². The number of nitrogens with one attached hydrogen (secondary N) is 1. The topological polar surface area (TPSA) is 27.7 Å². The fourth-order valence-electron chi connectivity index (χ4n) is 3.66. The molecule has 0 radical (unpaired) electrons. The smallest absolute Gasteiger partial charge is 0.166 e. The van der Waals surface area contributed by atoms with Gasteiger partial charge in [0.2, 0.25) is 0 Å². The number of benzene rings is 2. The Balaban J connectivity index is 1.71. The Morgan fingerprint density at radius 2 is 1.75 bits per heavy atom. The quantitative estimate of drug-likeness (QED) is 0.939. The molecule has 2 heterocycles. The van der Waals surface area contributed by atoms with E-state index in [2.05, 4.69) is 70.6 Å². The largest absolute Gasteiger partial charge is 0.480 e. The molecule has 24 heavy (non-hydrogen) atoms. The SMILES string of the molecule is CCN1CC(c2ccccc2)Oc2c(N3CCNCC3)cccc21. The van der Waals surface area contributed by atoms with Crippen molar-refractivity contribution in [1.82, 2.24) is 5.32 Å². The average molecular weight is 323 g/mol. The number of likely N-dealkylation sites (N-methyl/N-ethyl adjacent to an activating group) is 1. The second-order valence-electron chi connectivity index (χ2n) is 6.42. The van der Waals surface area contributed by atoms with Crippen LogP contribution >= 0.6 is 0 Å². The molecule has 0 saturated carbocycles. The maximum absolute atomic E-state index is 6.53. The van der Waals surface area contributed by atoms with Crippen LogP contribution in [0.4, 0.5) is 11.4 Å². The van der Waals surface area contributed by atoms with Crippen LogP contribution in [0.2, 0.25) is 0 Å². The first-order valence-corrected chi connectivity index (χ1v) is 8.92. The second kappa shape index (κ2) is 6.73. The van der Waals surface area contributed by atoms with E-state index in [-0.39, 0.29) is 6.10 Å². The van der Waals surface area contributed by atoms with E-state index in [4.69, 9.17) is 4.74 Å². The highest BCUT2D eigenvalue weighted by Crippen LogP contribution is 2.44. The molecule has 4 rings (SSSR count). The van der Waals surface area contributed by atoms with Gasteiger partial charge < -0.3 is 19.9 Å². The third-order valence-corrected chi connectivity index (χ3v) is 4.97. The summed E-state index contributed by atoms with van der Waals surface area (Å²) in [7, 11) is 0. The zero-order chi connectivity index (χ0) is 16.4. The van der Waals surface area contributed by atoms with E-state index in [0.29, 0.717) is 0 Å². The van der Waals surface area contributed by atoms with Crippen LogP contribution in [0.15, 0.2) is 48.5 Å². The molecule has 0 aliphatic carbocycles. The van der Waals surface area contributed by atoms with E-state index in [1.165, 1.54) is 16.9 Å². The van der Waals surface area contributed by atoms with Gasteiger partial charge in [0.05, 0.1) is 17.9 Å². The van der Waals surface area contributed by atoms with Crippen LogP contribution in [0.1, 0.15) is 18.6 Å². The Labute approximate surface area is 144 Å². The standard InChI is InChI=1S/C20H25N3O/c1-2-22-15-19(16-7-4-3-5-8-16)24-20-17(22)9-6-10-18(20)23-13-11-21-12-14-23/h3-10,19,21H,2,11-15H2,1H3. The van der Waals surface area contributed by atoms with Crippen LogP contribution in [0.5, 0.6) is 5.75 Å². The van der Waals surface area contributed by atoms with Crippen molar-refractivity contribution in [2.24, 2.45) is 0 Å². The first-order chi connectivity index (χ1) is 11.9. The van der Waals surface area contributed by atoms with Crippen LogP contribution in [0.3, 0.4) is 0 Å². The number of fused-ring (bicyclic) bond motifs is 1. The lowest BCUT2D eigenvalue weighted by molar-refractivity contribution is 0.198. The van der Waals surface area contributed by atoms with Crippen LogP contribution in [0.25, 0.3) is 0 Å². The molecule has 2 aliphatic rings. The molecule has 2 aromatic carbocycles. The predicted molar refractivity (Wildman–Crippen MR) is 99.2 cm³/mol. The fraction of sp³-hybridized carbons (Fsp3) is 0.400. The summed E-state index contributed by atoms with van der Waals surface area (Å²) in [6, 6.07) is 17.1. The zero-order valence-corrected chi connectivity index (χ0v) is 14.2. The summed E-state index contributed by atoms with van der Waals surface area (Å²) in [5, 5.41) is 3.43. The highest BCUT2D eigenvalue weighted by Gasteiger charge is 2.29. The van der Waals surface area contributed by atoms with Gasteiger partial charge >= 0.3 is 0 Å². The van der Waals surface area contributed by atoms with Crippen molar-refractivity contribution >= 4 is 11.4 Å². The third kappa shape index (κ3) is 2.82. The van der Waals surface area contributed by atoms with Crippen LogP contribution in [0, 0.1) is 0 Å². The molecule has 1 fully saturated rings. The molecule has 126 valence electrons. The van der Waals surface area contributed by atoms with Crippen molar-refractivity contribution in [3.8, 4) is 5.75 Å². The lowest BCUT2D eigenvalue weighted by Crippen LogP contribution is -2.44. The van der Waals surface area contributed by atoms with Crippen molar-refractivity contribution in [3.63, 3.8) is 0 Å². The van der Waals surface area contributed by atoms with E-state index in [1.54, 1.807) is 0 Å². The Hall–Kier alpha value is -2.20. The highest BCUT2D eigenvalue weighted by atomic mass is 16.5. The number of hydrogen-bond donors (Lipinski definition) is 1. The van der Waals surface area contributed by atoms with E-state index < -0.39 is 0 Å². The van der Waals surface area contributed by atoms with Gasteiger partial charge in [-0.05, 0) is 24.6 Å². The lowest BCUT2D eigenvalue weighted by atomic mass is 10.1. The zero-order valence-electron chi connectivity index (χ0n) is 14.2. The average Bonchev–Trinajstić information content (AvgIpc) is 2.68. The van der Waals surface area contributed by atoms with Gasteiger partial charge in [-0.3, -0.25) is 0 Å². The number of nitrogens with zero attached hydrogens (tertiary/aromatic N) is 2. The van der Waals surface area contributed by atoms with E-state index in [0.717, 1.165) is 45.0 Å². The molecular weight excluding hydrogens is 298 g/mol. The van der Waals surface area contributed by atoms with Gasteiger partial charge in [0.1, 0.15) is 6.10 Å². The summed E-state index contributed by atoms with van der Waals surface area (Å²) in [6.45, 7) is 8.23. The van der Waals surface area contributed by atoms with E-state index in [1.807, 2.05) is 0 Å². The Morgan fingerprint density at radius 3 is 2.50 bits per heavy atom. The molecule has 4 heteroatoms. The second-order valence-corrected chi connectivity index (χ2v) is 6.42. The van der Waals surface area contributed by atoms with Gasteiger partial charge in [-0.15, -0.1) is 0 Å². The summed E-state index contributed by atoms with van der Waals surface area (Å²) >= 11 is 0. The summed E-state index contributed by atoms with van der Waals surface area (Å²) < 4.78 is 6.53. The molecule has 0 amide bonds. The van der Waals surface area contributed by atoms with Gasteiger partial charge in [-0.2, -0.15) is 0 Å². The fourth-order valence-corrected chi connectivity index (χ4v) is 3.66. The number of anilines is 2. The monoisotopic (exact) mass is 323 g/mol. The normalized spacial score (nSPS) is 20.5. The molecular formula is C20H25N3O. The van der Waals surface area contributed by atoms with E-state index in [9.17, 15) is 0 Å².